The largest absolute Gasteiger partial charge is 0.481 e. The first-order chi connectivity index (χ1) is 8.33. The number of rotatable bonds is 3. The number of carbonyl (C=O) groups is 1. The highest BCUT2D eigenvalue weighted by molar-refractivity contribution is 5.74. The molecule has 0 bridgehead atoms. The van der Waals surface area contributed by atoms with E-state index in [0.29, 0.717) is 11.0 Å². The Morgan fingerprint density at radius 2 is 2.17 bits per heavy atom. The molecular formula is C10H13N5O3. The van der Waals surface area contributed by atoms with Crippen LogP contribution < -0.4 is 5.56 Å². The number of carboxylic acid groups (broad SMARTS) is 1. The number of aryl methyl sites for hydroxylation is 1. The topological polar surface area (TPSA) is 103 Å². The zero-order chi connectivity index (χ0) is 13.5. The van der Waals surface area contributed by atoms with E-state index in [4.69, 9.17) is 5.11 Å². The minimum atomic E-state index is -1.09. The summed E-state index contributed by atoms with van der Waals surface area (Å²) in [5, 5.41) is 20.9. The maximum Gasteiger partial charge on any atom is 0.310 e. The van der Waals surface area contributed by atoms with E-state index in [0.717, 1.165) is 4.68 Å². The van der Waals surface area contributed by atoms with Gasteiger partial charge < -0.3 is 5.11 Å². The van der Waals surface area contributed by atoms with Crippen LogP contribution in [0.3, 0.4) is 0 Å². The van der Waals surface area contributed by atoms with E-state index in [9.17, 15) is 9.59 Å². The molecule has 96 valence electrons. The summed E-state index contributed by atoms with van der Waals surface area (Å²) in [6.45, 7) is 3.01. The van der Waals surface area contributed by atoms with Crippen LogP contribution in [0, 0.1) is 5.41 Å². The van der Waals surface area contributed by atoms with Crippen LogP contribution in [-0.4, -0.2) is 35.9 Å². The molecule has 2 rings (SSSR count). The molecule has 1 N–H and O–H groups in total. The van der Waals surface area contributed by atoms with Crippen molar-refractivity contribution in [3.63, 3.8) is 0 Å². The number of aliphatic carboxylic acids is 1. The van der Waals surface area contributed by atoms with Gasteiger partial charge in [-0.15, -0.1) is 5.10 Å². The second kappa shape index (κ2) is 3.90. The van der Waals surface area contributed by atoms with Crippen LogP contribution in [-0.2, 0) is 18.4 Å². The van der Waals surface area contributed by atoms with E-state index in [1.807, 2.05) is 0 Å². The molecular weight excluding hydrogens is 238 g/mol. The molecule has 8 nitrogen and oxygen atoms in total. The fourth-order valence-corrected chi connectivity index (χ4v) is 1.52. The molecule has 0 aliphatic heterocycles. The smallest absolute Gasteiger partial charge is 0.310 e. The molecule has 0 aliphatic rings. The molecule has 0 spiro atoms. The number of fused-ring (bicyclic) bond motifs is 1. The molecule has 8 heteroatoms. The van der Waals surface area contributed by atoms with Crippen molar-refractivity contribution in [2.75, 3.05) is 0 Å². The van der Waals surface area contributed by atoms with Crippen molar-refractivity contribution in [2.24, 2.45) is 12.5 Å². The van der Waals surface area contributed by atoms with Crippen molar-refractivity contribution >= 4 is 17.0 Å². The molecule has 0 unspecified atom stereocenters. The lowest BCUT2D eigenvalue weighted by atomic mass is 9.94. The third-order valence-corrected chi connectivity index (χ3v) is 2.74. The van der Waals surface area contributed by atoms with Crippen molar-refractivity contribution in [1.82, 2.24) is 24.8 Å². The lowest BCUT2D eigenvalue weighted by Gasteiger charge is -2.18. The summed E-state index contributed by atoms with van der Waals surface area (Å²) in [6.07, 6.45) is 1.40. The van der Waals surface area contributed by atoms with Gasteiger partial charge in [0, 0.05) is 7.05 Å². The predicted molar refractivity (Wildman–Crippen MR) is 62.0 cm³/mol. The summed E-state index contributed by atoms with van der Waals surface area (Å²) in [4.78, 5) is 23.1. The highest BCUT2D eigenvalue weighted by atomic mass is 16.4. The summed E-state index contributed by atoms with van der Waals surface area (Å²) in [6, 6.07) is 0. The lowest BCUT2D eigenvalue weighted by molar-refractivity contribution is -0.147. The van der Waals surface area contributed by atoms with Gasteiger partial charge in [-0.25, -0.2) is 9.36 Å². The van der Waals surface area contributed by atoms with Crippen molar-refractivity contribution in [2.45, 2.75) is 20.4 Å². The number of hydrogen-bond donors (Lipinski definition) is 1. The SMILES string of the molecule is Cn1ncc2c(=O)n(CC(C)(C)C(=O)O)nnc21. The number of hydrogen-bond acceptors (Lipinski definition) is 5. The van der Waals surface area contributed by atoms with Gasteiger partial charge in [-0.3, -0.25) is 9.59 Å². The molecule has 0 amide bonds. The number of nitrogens with zero attached hydrogens (tertiary/aromatic N) is 5. The molecule has 0 radical (unpaired) electrons. The fourth-order valence-electron chi connectivity index (χ4n) is 1.52. The molecule has 2 heterocycles. The van der Waals surface area contributed by atoms with Crippen molar-refractivity contribution < 1.29 is 9.90 Å². The molecule has 0 atom stereocenters. The second-order valence-corrected chi connectivity index (χ2v) is 4.75. The zero-order valence-corrected chi connectivity index (χ0v) is 10.3. The Morgan fingerprint density at radius 3 is 2.78 bits per heavy atom. The van der Waals surface area contributed by atoms with Gasteiger partial charge in [0.25, 0.3) is 5.56 Å². The maximum atomic E-state index is 12.1. The molecule has 0 saturated carbocycles. The van der Waals surface area contributed by atoms with E-state index in [1.54, 1.807) is 7.05 Å². The summed E-state index contributed by atoms with van der Waals surface area (Å²) in [7, 11) is 1.65. The van der Waals surface area contributed by atoms with Crippen molar-refractivity contribution in [3.8, 4) is 0 Å². The van der Waals surface area contributed by atoms with Crippen LogP contribution in [0.15, 0.2) is 11.0 Å². The van der Waals surface area contributed by atoms with Gasteiger partial charge >= 0.3 is 5.97 Å². The lowest BCUT2D eigenvalue weighted by Crippen LogP contribution is -2.35. The van der Waals surface area contributed by atoms with Crippen LogP contribution >= 0.6 is 0 Å². The van der Waals surface area contributed by atoms with E-state index < -0.39 is 11.4 Å². The van der Waals surface area contributed by atoms with Crippen LogP contribution in [0.5, 0.6) is 0 Å². The first kappa shape index (κ1) is 12.2. The van der Waals surface area contributed by atoms with Gasteiger partial charge in [0.2, 0.25) is 0 Å². The van der Waals surface area contributed by atoms with Gasteiger partial charge in [0.1, 0.15) is 5.39 Å². The third kappa shape index (κ3) is 1.85. The summed E-state index contributed by atoms with van der Waals surface area (Å²) >= 11 is 0. The van der Waals surface area contributed by atoms with Crippen LogP contribution in [0.25, 0.3) is 11.0 Å². The molecule has 0 aliphatic carbocycles. The standard InChI is InChI=1S/C10H13N5O3/c1-10(2,9(17)18)5-15-8(16)6-4-11-14(3)7(6)12-13-15/h4H,5H2,1-3H3,(H,17,18). The van der Waals surface area contributed by atoms with Crippen molar-refractivity contribution in [1.29, 1.82) is 0 Å². The maximum absolute atomic E-state index is 12.1. The minimum absolute atomic E-state index is 0.0427. The Labute approximate surface area is 102 Å². The van der Waals surface area contributed by atoms with Gasteiger partial charge in [0.15, 0.2) is 5.65 Å². The Bertz CT molecular complexity index is 670. The average Bonchev–Trinajstić information content (AvgIpc) is 2.65. The average molecular weight is 251 g/mol. The fraction of sp³-hybridized carbons (Fsp3) is 0.500. The van der Waals surface area contributed by atoms with Crippen LogP contribution in [0.2, 0.25) is 0 Å². The van der Waals surface area contributed by atoms with E-state index in [-0.39, 0.29) is 12.1 Å². The summed E-state index contributed by atoms with van der Waals surface area (Å²) in [5.74, 6) is -0.998. The molecule has 0 aromatic carbocycles. The van der Waals surface area contributed by atoms with Gasteiger partial charge in [0.05, 0.1) is 18.2 Å². The van der Waals surface area contributed by atoms with E-state index in [2.05, 4.69) is 15.4 Å². The molecule has 2 aromatic rings. The zero-order valence-electron chi connectivity index (χ0n) is 10.3. The summed E-state index contributed by atoms with van der Waals surface area (Å²) < 4.78 is 2.49. The number of carboxylic acids is 1. The Morgan fingerprint density at radius 1 is 1.50 bits per heavy atom. The molecule has 0 saturated heterocycles. The van der Waals surface area contributed by atoms with E-state index in [1.165, 1.54) is 24.7 Å². The van der Waals surface area contributed by atoms with Gasteiger partial charge in [-0.1, -0.05) is 5.21 Å². The van der Waals surface area contributed by atoms with Crippen LogP contribution in [0.1, 0.15) is 13.8 Å². The molecule has 18 heavy (non-hydrogen) atoms. The molecule has 0 fully saturated rings. The Balaban J connectivity index is 2.51. The van der Waals surface area contributed by atoms with E-state index >= 15 is 0 Å². The highest BCUT2D eigenvalue weighted by Gasteiger charge is 2.29. The minimum Gasteiger partial charge on any atom is -0.481 e. The number of aromatic nitrogens is 5. The van der Waals surface area contributed by atoms with Gasteiger partial charge in [-0.2, -0.15) is 5.10 Å². The Kier molecular flexibility index (Phi) is 2.64. The van der Waals surface area contributed by atoms with Crippen LogP contribution in [0.4, 0.5) is 0 Å². The monoisotopic (exact) mass is 251 g/mol. The Hall–Kier alpha value is -2.25. The normalized spacial score (nSPS) is 11.9. The summed E-state index contributed by atoms with van der Waals surface area (Å²) in [5.41, 5.74) is -1.10. The first-order valence-electron chi connectivity index (χ1n) is 5.32. The predicted octanol–water partition coefficient (Wildman–Crippen LogP) is -0.364. The second-order valence-electron chi connectivity index (χ2n) is 4.75. The highest BCUT2D eigenvalue weighted by Crippen LogP contribution is 2.16. The van der Waals surface area contributed by atoms with Crippen molar-refractivity contribution in [3.05, 3.63) is 16.6 Å². The quantitative estimate of drug-likeness (QED) is 0.798. The third-order valence-electron chi connectivity index (χ3n) is 2.74. The first-order valence-corrected chi connectivity index (χ1v) is 5.32. The van der Waals surface area contributed by atoms with Gasteiger partial charge in [-0.05, 0) is 13.8 Å². The molecule has 2 aromatic heterocycles.